The van der Waals surface area contributed by atoms with Crippen LogP contribution in [0, 0.1) is 11.3 Å². The van der Waals surface area contributed by atoms with Gasteiger partial charge in [-0.05, 0) is 59.9 Å². The van der Waals surface area contributed by atoms with Crippen molar-refractivity contribution in [1.29, 1.82) is 5.26 Å². The van der Waals surface area contributed by atoms with Crippen LogP contribution in [0.4, 0.5) is 0 Å². The maximum atomic E-state index is 13.3. The van der Waals surface area contributed by atoms with Crippen molar-refractivity contribution in [3.05, 3.63) is 89.6 Å². The lowest BCUT2D eigenvalue weighted by Crippen LogP contribution is -2.39. The Bertz CT molecular complexity index is 1340. The number of hydrogen-bond acceptors (Lipinski definition) is 4. The van der Waals surface area contributed by atoms with Gasteiger partial charge in [-0.2, -0.15) is 5.26 Å². The molecule has 172 valence electrons. The molecule has 3 N–H and O–H groups in total. The summed E-state index contributed by atoms with van der Waals surface area (Å²) in [5.41, 5.74) is 4.64. The largest absolute Gasteiger partial charge is 0.493 e. The standard InChI is InChI=1S/C28H27N3O3/c1-2-12-34-27-11-10-21(20-7-5-6-19(13-20)16-29)15-25(27)28(33)31-23(18-32)14-22-17-30-26-9-4-3-8-24(22)26/h3-11,13,15,17,23,30,32H,2,12,14,18H2,1H3,(H,31,33)/t23-/m0/s1. The number of aliphatic hydroxyl groups is 1. The van der Waals surface area contributed by atoms with Crippen molar-refractivity contribution in [3.8, 4) is 22.9 Å². The summed E-state index contributed by atoms with van der Waals surface area (Å²) >= 11 is 0. The number of ether oxygens (including phenoxy) is 1. The number of hydrogen-bond donors (Lipinski definition) is 3. The van der Waals surface area contributed by atoms with Gasteiger partial charge in [0.15, 0.2) is 0 Å². The number of carbonyl (C=O) groups excluding carboxylic acids is 1. The minimum absolute atomic E-state index is 0.194. The van der Waals surface area contributed by atoms with Crippen LogP contribution in [0.5, 0.6) is 5.75 Å². The Hall–Kier alpha value is -4.08. The molecule has 0 bridgehead atoms. The third kappa shape index (κ3) is 5.11. The molecule has 34 heavy (non-hydrogen) atoms. The number of rotatable bonds is 9. The zero-order chi connectivity index (χ0) is 23.9. The average Bonchev–Trinajstić information content (AvgIpc) is 3.29. The number of benzene rings is 3. The van der Waals surface area contributed by atoms with Crippen molar-refractivity contribution in [2.24, 2.45) is 0 Å². The van der Waals surface area contributed by atoms with Crippen molar-refractivity contribution >= 4 is 16.8 Å². The predicted octanol–water partition coefficient (Wildman–Crippen LogP) is 4.83. The SMILES string of the molecule is CCCOc1ccc(-c2cccc(C#N)c2)cc1C(=O)N[C@H](CO)Cc1c[nH]c2ccccc12. The summed E-state index contributed by atoms with van der Waals surface area (Å²) in [6.45, 7) is 2.30. The summed E-state index contributed by atoms with van der Waals surface area (Å²) in [6, 6.07) is 22.3. The third-order valence-corrected chi connectivity index (χ3v) is 5.71. The van der Waals surface area contributed by atoms with Crippen molar-refractivity contribution < 1.29 is 14.6 Å². The molecule has 0 aliphatic carbocycles. The van der Waals surface area contributed by atoms with E-state index in [1.807, 2.05) is 55.6 Å². The molecule has 0 spiro atoms. The van der Waals surface area contributed by atoms with Crippen LogP contribution in [0.15, 0.2) is 72.9 Å². The molecule has 1 heterocycles. The van der Waals surface area contributed by atoms with Crippen molar-refractivity contribution in [2.45, 2.75) is 25.8 Å². The van der Waals surface area contributed by atoms with E-state index in [1.54, 1.807) is 24.3 Å². The first-order valence-corrected chi connectivity index (χ1v) is 11.4. The molecule has 3 aromatic carbocycles. The number of fused-ring (bicyclic) bond motifs is 1. The van der Waals surface area contributed by atoms with Crippen LogP contribution >= 0.6 is 0 Å². The average molecular weight is 454 g/mol. The van der Waals surface area contributed by atoms with Crippen molar-refractivity contribution in [1.82, 2.24) is 10.3 Å². The van der Waals surface area contributed by atoms with Crippen LogP contribution in [0.1, 0.15) is 34.8 Å². The Kier molecular flexibility index (Phi) is 7.26. The summed E-state index contributed by atoms with van der Waals surface area (Å²) < 4.78 is 5.84. The predicted molar refractivity (Wildman–Crippen MR) is 133 cm³/mol. The highest BCUT2D eigenvalue weighted by molar-refractivity contribution is 5.98. The molecular formula is C28H27N3O3. The number of nitrogens with zero attached hydrogens (tertiary/aromatic N) is 1. The van der Waals surface area contributed by atoms with E-state index >= 15 is 0 Å². The maximum absolute atomic E-state index is 13.3. The molecule has 0 fully saturated rings. The van der Waals surface area contributed by atoms with Gasteiger partial charge in [-0.25, -0.2) is 0 Å². The minimum Gasteiger partial charge on any atom is -0.493 e. The number of nitriles is 1. The van der Waals surface area contributed by atoms with Gasteiger partial charge in [0.25, 0.3) is 5.91 Å². The van der Waals surface area contributed by atoms with Crippen molar-refractivity contribution in [2.75, 3.05) is 13.2 Å². The smallest absolute Gasteiger partial charge is 0.255 e. The van der Waals surface area contributed by atoms with Gasteiger partial charge in [-0.15, -0.1) is 0 Å². The second-order valence-corrected chi connectivity index (χ2v) is 8.17. The molecular weight excluding hydrogens is 426 g/mol. The fraction of sp³-hybridized carbons (Fsp3) is 0.214. The molecule has 4 rings (SSSR count). The fourth-order valence-corrected chi connectivity index (χ4v) is 3.98. The van der Waals surface area contributed by atoms with Crippen LogP contribution < -0.4 is 10.1 Å². The summed E-state index contributed by atoms with van der Waals surface area (Å²) in [5.74, 6) is 0.173. The van der Waals surface area contributed by atoms with Gasteiger partial charge in [0, 0.05) is 17.1 Å². The summed E-state index contributed by atoms with van der Waals surface area (Å²) in [7, 11) is 0. The van der Waals surface area contributed by atoms with E-state index in [1.165, 1.54) is 0 Å². The Labute approximate surface area is 198 Å². The normalized spacial score (nSPS) is 11.7. The molecule has 1 amide bonds. The molecule has 4 aromatic rings. The number of carbonyl (C=O) groups is 1. The zero-order valence-electron chi connectivity index (χ0n) is 19.0. The van der Waals surface area contributed by atoms with E-state index in [2.05, 4.69) is 16.4 Å². The molecule has 0 aliphatic heterocycles. The quantitative estimate of drug-likeness (QED) is 0.338. The lowest BCUT2D eigenvalue weighted by molar-refractivity contribution is 0.0912. The number of aromatic amines is 1. The number of aromatic nitrogens is 1. The number of nitrogens with one attached hydrogen (secondary N) is 2. The van der Waals surface area contributed by atoms with Crippen LogP contribution in [-0.4, -0.2) is 35.3 Å². The van der Waals surface area contributed by atoms with Gasteiger partial charge in [0.2, 0.25) is 0 Å². The van der Waals surface area contributed by atoms with E-state index in [0.717, 1.165) is 34.0 Å². The highest BCUT2D eigenvalue weighted by atomic mass is 16.5. The number of para-hydroxylation sites is 1. The molecule has 1 atom stereocenters. The Morgan fingerprint density at radius 2 is 1.94 bits per heavy atom. The second kappa shape index (κ2) is 10.7. The molecule has 0 saturated heterocycles. The molecule has 0 aliphatic rings. The second-order valence-electron chi connectivity index (χ2n) is 8.17. The fourth-order valence-electron chi connectivity index (χ4n) is 3.98. The van der Waals surface area contributed by atoms with E-state index in [9.17, 15) is 15.2 Å². The highest BCUT2D eigenvalue weighted by Crippen LogP contribution is 2.28. The Balaban J connectivity index is 1.60. The van der Waals surface area contributed by atoms with Gasteiger partial charge in [-0.1, -0.05) is 43.3 Å². The van der Waals surface area contributed by atoms with E-state index < -0.39 is 6.04 Å². The lowest BCUT2D eigenvalue weighted by atomic mass is 10.00. The van der Waals surface area contributed by atoms with Crippen LogP contribution in [0.25, 0.3) is 22.0 Å². The lowest BCUT2D eigenvalue weighted by Gasteiger charge is -2.18. The highest BCUT2D eigenvalue weighted by Gasteiger charge is 2.19. The zero-order valence-corrected chi connectivity index (χ0v) is 19.0. The van der Waals surface area contributed by atoms with Gasteiger partial charge < -0.3 is 20.1 Å². The van der Waals surface area contributed by atoms with E-state index in [-0.39, 0.29) is 12.5 Å². The molecule has 0 unspecified atom stereocenters. The molecule has 6 nitrogen and oxygen atoms in total. The van der Waals surface area contributed by atoms with E-state index in [0.29, 0.717) is 29.9 Å². The van der Waals surface area contributed by atoms with E-state index in [4.69, 9.17) is 4.74 Å². The molecule has 0 radical (unpaired) electrons. The number of H-pyrrole nitrogens is 1. The summed E-state index contributed by atoms with van der Waals surface area (Å²) in [4.78, 5) is 16.6. The summed E-state index contributed by atoms with van der Waals surface area (Å²) in [6.07, 6.45) is 3.21. The van der Waals surface area contributed by atoms with Gasteiger partial charge in [0.1, 0.15) is 5.75 Å². The third-order valence-electron chi connectivity index (χ3n) is 5.71. The number of aliphatic hydroxyl groups excluding tert-OH is 1. The number of amides is 1. The first kappa shape index (κ1) is 23.1. The topological polar surface area (TPSA) is 98.1 Å². The van der Waals surface area contributed by atoms with Crippen molar-refractivity contribution in [3.63, 3.8) is 0 Å². The molecule has 1 aromatic heterocycles. The first-order valence-electron chi connectivity index (χ1n) is 11.4. The van der Waals surface area contributed by atoms with Crippen LogP contribution in [0.2, 0.25) is 0 Å². The maximum Gasteiger partial charge on any atom is 0.255 e. The monoisotopic (exact) mass is 453 g/mol. The molecule has 6 heteroatoms. The van der Waals surface area contributed by atoms with Crippen LogP contribution in [0.3, 0.4) is 0 Å². The van der Waals surface area contributed by atoms with Crippen LogP contribution in [-0.2, 0) is 6.42 Å². The van der Waals surface area contributed by atoms with Gasteiger partial charge in [-0.3, -0.25) is 4.79 Å². The Morgan fingerprint density at radius 1 is 1.12 bits per heavy atom. The molecule has 0 saturated carbocycles. The minimum atomic E-state index is -0.462. The van der Waals surface area contributed by atoms with Gasteiger partial charge >= 0.3 is 0 Å². The van der Waals surface area contributed by atoms with Gasteiger partial charge in [0.05, 0.1) is 36.5 Å². The first-order chi connectivity index (χ1) is 16.6. The summed E-state index contributed by atoms with van der Waals surface area (Å²) in [5, 5.41) is 23.3. The Morgan fingerprint density at radius 3 is 2.74 bits per heavy atom.